The number of ether oxygens (including phenoxy) is 1. The van der Waals surface area contributed by atoms with Crippen LogP contribution in [-0.2, 0) is 4.74 Å². The van der Waals surface area contributed by atoms with Gasteiger partial charge in [-0.3, -0.25) is 0 Å². The van der Waals surface area contributed by atoms with E-state index in [1.54, 1.807) is 7.11 Å². The van der Waals surface area contributed by atoms with Gasteiger partial charge in [0, 0.05) is 7.11 Å². The smallest absolute Gasteiger partial charge is 0.0595 e. The van der Waals surface area contributed by atoms with Crippen LogP contribution in [0.5, 0.6) is 0 Å². The van der Waals surface area contributed by atoms with Crippen LogP contribution in [0.25, 0.3) is 0 Å². The standard InChI is InChI=1S/C10H22O2/c1-8(2)9(12-5)6-7-10(3,4)11/h8-9,11H,6-7H2,1-5H3. The third-order valence-electron chi connectivity index (χ3n) is 2.09. The molecule has 0 aromatic heterocycles. The Morgan fingerprint density at radius 2 is 1.83 bits per heavy atom. The zero-order chi connectivity index (χ0) is 9.78. The van der Waals surface area contributed by atoms with Gasteiger partial charge in [0.15, 0.2) is 0 Å². The second-order valence-electron chi connectivity index (χ2n) is 4.37. The number of aliphatic hydroxyl groups is 1. The van der Waals surface area contributed by atoms with Crippen LogP contribution in [0.1, 0.15) is 40.5 Å². The molecule has 0 amide bonds. The first kappa shape index (κ1) is 11.9. The van der Waals surface area contributed by atoms with E-state index in [1.807, 2.05) is 13.8 Å². The second kappa shape index (κ2) is 4.83. The molecule has 0 fully saturated rings. The summed E-state index contributed by atoms with van der Waals surface area (Å²) >= 11 is 0. The van der Waals surface area contributed by atoms with Crippen molar-refractivity contribution in [3.05, 3.63) is 0 Å². The first-order valence-electron chi connectivity index (χ1n) is 4.62. The molecule has 1 N–H and O–H groups in total. The summed E-state index contributed by atoms with van der Waals surface area (Å²) in [6.45, 7) is 7.94. The zero-order valence-electron chi connectivity index (χ0n) is 8.92. The third-order valence-corrected chi connectivity index (χ3v) is 2.09. The van der Waals surface area contributed by atoms with Gasteiger partial charge in [0.05, 0.1) is 11.7 Å². The van der Waals surface area contributed by atoms with E-state index in [2.05, 4.69) is 13.8 Å². The molecule has 0 aliphatic heterocycles. The summed E-state index contributed by atoms with van der Waals surface area (Å²) in [5.41, 5.74) is -0.564. The molecule has 2 nitrogen and oxygen atoms in total. The van der Waals surface area contributed by atoms with Crippen LogP contribution in [-0.4, -0.2) is 23.9 Å². The predicted octanol–water partition coefficient (Wildman–Crippen LogP) is 2.21. The summed E-state index contributed by atoms with van der Waals surface area (Å²) in [5.74, 6) is 0.525. The van der Waals surface area contributed by atoms with Crippen molar-refractivity contribution in [1.82, 2.24) is 0 Å². The van der Waals surface area contributed by atoms with Crippen LogP contribution in [0.4, 0.5) is 0 Å². The normalized spacial score (nSPS) is 15.2. The van der Waals surface area contributed by atoms with Gasteiger partial charge in [-0.1, -0.05) is 13.8 Å². The average Bonchev–Trinajstić information content (AvgIpc) is 1.85. The largest absolute Gasteiger partial charge is 0.390 e. The van der Waals surface area contributed by atoms with Crippen molar-refractivity contribution in [3.63, 3.8) is 0 Å². The maximum atomic E-state index is 9.49. The molecular weight excluding hydrogens is 152 g/mol. The van der Waals surface area contributed by atoms with Crippen molar-refractivity contribution in [1.29, 1.82) is 0 Å². The minimum Gasteiger partial charge on any atom is -0.390 e. The van der Waals surface area contributed by atoms with Gasteiger partial charge < -0.3 is 9.84 Å². The molecule has 74 valence electrons. The summed E-state index contributed by atoms with van der Waals surface area (Å²) in [6.07, 6.45) is 2.00. The van der Waals surface area contributed by atoms with Crippen LogP contribution in [0.2, 0.25) is 0 Å². The highest BCUT2D eigenvalue weighted by atomic mass is 16.5. The molecule has 0 radical (unpaired) electrons. The molecule has 1 unspecified atom stereocenters. The van der Waals surface area contributed by atoms with E-state index in [-0.39, 0.29) is 6.10 Å². The van der Waals surface area contributed by atoms with Gasteiger partial charge in [0.25, 0.3) is 0 Å². The molecule has 0 aromatic rings. The molecular formula is C10H22O2. The summed E-state index contributed by atoms with van der Waals surface area (Å²) < 4.78 is 5.30. The topological polar surface area (TPSA) is 29.5 Å². The van der Waals surface area contributed by atoms with Gasteiger partial charge in [0.1, 0.15) is 0 Å². The first-order chi connectivity index (χ1) is 5.37. The molecule has 0 aliphatic rings. The van der Waals surface area contributed by atoms with Crippen molar-refractivity contribution in [2.45, 2.75) is 52.2 Å². The highest BCUT2D eigenvalue weighted by molar-refractivity contribution is 4.70. The highest BCUT2D eigenvalue weighted by Gasteiger charge is 2.18. The lowest BCUT2D eigenvalue weighted by Gasteiger charge is -2.23. The van der Waals surface area contributed by atoms with Gasteiger partial charge in [-0.25, -0.2) is 0 Å². The third kappa shape index (κ3) is 5.56. The predicted molar refractivity (Wildman–Crippen MR) is 51.2 cm³/mol. The van der Waals surface area contributed by atoms with Crippen molar-refractivity contribution >= 4 is 0 Å². The molecule has 12 heavy (non-hydrogen) atoms. The summed E-state index contributed by atoms with van der Waals surface area (Å²) in [7, 11) is 1.73. The van der Waals surface area contributed by atoms with E-state index < -0.39 is 5.60 Å². The monoisotopic (exact) mass is 174 g/mol. The van der Waals surface area contributed by atoms with Crippen LogP contribution < -0.4 is 0 Å². The van der Waals surface area contributed by atoms with Gasteiger partial charge in [-0.05, 0) is 32.6 Å². The van der Waals surface area contributed by atoms with Crippen molar-refractivity contribution in [2.24, 2.45) is 5.92 Å². The van der Waals surface area contributed by atoms with E-state index in [4.69, 9.17) is 4.74 Å². The fourth-order valence-corrected chi connectivity index (χ4v) is 1.22. The number of hydrogen-bond donors (Lipinski definition) is 1. The Hall–Kier alpha value is -0.0800. The molecule has 0 bridgehead atoms. The number of hydrogen-bond acceptors (Lipinski definition) is 2. The Kier molecular flexibility index (Phi) is 4.80. The van der Waals surface area contributed by atoms with Crippen LogP contribution >= 0.6 is 0 Å². The van der Waals surface area contributed by atoms with Gasteiger partial charge in [-0.15, -0.1) is 0 Å². The summed E-state index contributed by atoms with van der Waals surface area (Å²) in [5, 5.41) is 9.49. The fourth-order valence-electron chi connectivity index (χ4n) is 1.22. The minimum absolute atomic E-state index is 0.274. The Labute approximate surface area is 75.9 Å². The molecule has 0 heterocycles. The van der Waals surface area contributed by atoms with Crippen LogP contribution in [0.3, 0.4) is 0 Å². The minimum atomic E-state index is -0.564. The SMILES string of the molecule is COC(CCC(C)(C)O)C(C)C. The van der Waals surface area contributed by atoms with Gasteiger partial charge >= 0.3 is 0 Å². The molecule has 0 saturated carbocycles. The molecule has 0 aromatic carbocycles. The Bertz CT molecular complexity index is 113. The lowest BCUT2D eigenvalue weighted by Crippen LogP contribution is -2.25. The van der Waals surface area contributed by atoms with Crippen molar-refractivity contribution in [2.75, 3.05) is 7.11 Å². The number of methoxy groups -OCH3 is 1. The highest BCUT2D eigenvalue weighted by Crippen LogP contribution is 2.18. The molecule has 1 atom stereocenters. The Morgan fingerprint density at radius 3 is 2.08 bits per heavy atom. The van der Waals surface area contributed by atoms with E-state index in [0.29, 0.717) is 5.92 Å². The van der Waals surface area contributed by atoms with E-state index in [9.17, 15) is 5.11 Å². The quantitative estimate of drug-likeness (QED) is 0.692. The van der Waals surface area contributed by atoms with E-state index >= 15 is 0 Å². The van der Waals surface area contributed by atoms with Crippen molar-refractivity contribution in [3.8, 4) is 0 Å². The summed E-state index contributed by atoms with van der Waals surface area (Å²) in [6, 6.07) is 0. The first-order valence-corrected chi connectivity index (χ1v) is 4.62. The Balaban J connectivity index is 3.73. The van der Waals surface area contributed by atoms with Crippen LogP contribution in [0, 0.1) is 5.92 Å². The lowest BCUT2D eigenvalue weighted by atomic mass is 9.95. The molecule has 0 spiro atoms. The molecule has 0 aliphatic carbocycles. The van der Waals surface area contributed by atoms with Crippen molar-refractivity contribution < 1.29 is 9.84 Å². The number of rotatable bonds is 5. The zero-order valence-corrected chi connectivity index (χ0v) is 8.92. The van der Waals surface area contributed by atoms with Crippen LogP contribution in [0.15, 0.2) is 0 Å². The molecule has 0 rings (SSSR count). The Morgan fingerprint density at radius 1 is 1.33 bits per heavy atom. The maximum Gasteiger partial charge on any atom is 0.0595 e. The maximum absolute atomic E-state index is 9.49. The fraction of sp³-hybridized carbons (Fsp3) is 1.00. The molecule has 2 heteroatoms. The summed E-state index contributed by atoms with van der Waals surface area (Å²) in [4.78, 5) is 0. The second-order valence-corrected chi connectivity index (χ2v) is 4.37. The average molecular weight is 174 g/mol. The van der Waals surface area contributed by atoms with Gasteiger partial charge in [0.2, 0.25) is 0 Å². The van der Waals surface area contributed by atoms with Gasteiger partial charge in [-0.2, -0.15) is 0 Å². The molecule has 0 saturated heterocycles. The van der Waals surface area contributed by atoms with E-state index in [0.717, 1.165) is 12.8 Å². The van der Waals surface area contributed by atoms with E-state index in [1.165, 1.54) is 0 Å². The lowest BCUT2D eigenvalue weighted by molar-refractivity contribution is 0.0172.